The Hall–Kier alpha value is -1.87. The number of rotatable bonds is 7. The van der Waals surface area contributed by atoms with E-state index in [1.54, 1.807) is 0 Å². The summed E-state index contributed by atoms with van der Waals surface area (Å²) in [5, 5.41) is 21.9. The molecule has 0 aliphatic heterocycles. The molecule has 0 saturated carbocycles. The second-order valence-electron chi connectivity index (χ2n) is 3.75. The van der Waals surface area contributed by atoms with E-state index in [2.05, 4.69) is 5.32 Å². The molecule has 0 amide bonds. The minimum atomic E-state index is -4.63. The fourth-order valence-electron chi connectivity index (χ4n) is 1.43. The van der Waals surface area contributed by atoms with Gasteiger partial charge in [-0.25, -0.2) is 0 Å². The maximum absolute atomic E-state index is 12.5. The molecule has 0 atom stereocenters. The van der Waals surface area contributed by atoms with Crippen molar-refractivity contribution in [1.29, 1.82) is 0 Å². The minimum Gasteiger partial charge on any atom is -0.394 e. The smallest absolute Gasteiger partial charge is 0.394 e. The number of benzene rings is 1. The molecule has 20 heavy (non-hydrogen) atoms. The van der Waals surface area contributed by atoms with Crippen molar-refractivity contribution in [1.82, 2.24) is 0 Å². The molecule has 0 saturated heterocycles. The Morgan fingerprint density at radius 3 is 2.60 bits per heavy atom. The fraction of sp³-hybridized carbons (Fsp3) is 0.455. The van der Waals surface area contributed by atoms with Gasteiger partial charge in [-0.15, -0.1) is 0 Å². The summed E-state index contributed by atoms with van der Waals surface area (Å²) in [5.74, 6) is 0. The molecule has 2 N–H and O–H groups in total. The monoisotopic (exact) mass is 294 g/mol. The molecule has 0 unspecified atom stereocenters. The molecule has 1 aromatic carbocycles. The molecule has 1 aromatic rings. The van der Waals surface area contributed by atoms with Gasteiger partial charge in [0.2, 0.25) is 0 Å². The van der Waals surface area contributed by atoms with Gasteiger partial charge in [0.1, 0.15) is 5.69 Å². The van der Waals surface area contributed by atoms with Crippen molar-refractivity contribution in [2.24, 2.45) is 0 Å². The van der Waals surface area contributed by atoms with Gasteiger partial charge in [-0.3, -0.25) is 10.1 Å². The zero-order valence-electron chi connectivity index (χ0n) is 10.3. The summed E-state index contributed by atoms with van der Waals surface area (Å²) in [6.07, 6.45) is -4.63. The zero-order chi connectivity index (χ0) is 15.2. The van der Waals surface area contributed by atoms with Crippen molar-refractivity contribution >= 4 is 11.4 Å². The normalized spacial score (nSPS) is 11.4. The van der Waals surface area contributed by atoms with E-state index in [-0.39, 0.29) is 32.1 Å². The molecule has 0 spiro atoms. The average Bonchev–Trinajstić information content (AvgIpc) is 2.37. The van der Waals surface area contributed by atoms with Crippen LogP contribution in [0.2, 0.25) is 0 Å². The number of nitrogens with zero attached hydrogens (tertiary/aromatic N) is 1. The summed E-state index contributed by atoms with van der Waals surface area (Å²) in [6.45, 7) is 0.308. The quantitative estimate of drug-likeness (QED) is 0.456. The van der Waals surface area contributed by atoms with Crippen molar-refractivity contribution in [2.45, 2.75) is 6.18 Å². The fourth-order valence-corrected chi connectivity index (χ4v) is 1.43. The van der Waals surface area contributed by atoms with Crippen LogP contribution >= 0.6 is 0 Å². The van der Waals surface area contributed by atoms with E-state index < -0.39 is 22.4 Å². The molecule has 0 aliphatic rings. The second kappa shape index (κ2) is 7.06. The van der Waals surface area contributed by atoms with Gasteiger partial charge in [-0.05, 0) is 12.1 Å². The number of aliphatic hydroxyl groups is 1. The van der Waals surface area contributed by atoms with Gasteiger partial charge in [0.25, 0.3) is 5.69 Å². The van der Waals surface area contributed by atoms with Crippen LogP contribution in [0.3, 0.4) is 0 Å². The van der Waals surface area contributed by atoms with Crippen LogP contribution in [0.25, 0.3) is 0 Å². The molecule has 0 radical (unpaired) electrons. The van der Waals surface area contributed by atoms with Gasteiger partial charge in [-0.2, -0.15) is 13.2 Å². The highest BCUT2D eigenvalue weighted by atomic mass is 19.4. The van der Waals surface area contributed by atoms with Gasteiger partial charge in [-0.1, -0.05) is 0 Å². The van der Waals surface area contributed by atoms with Gasteiger partial charge in [0.15, 0.2) is 0 Å². The van der Waals surface area contributed by atoms with E-state index in [0.717, 1.165) is 12.1 Å². The Kier molecular flexibility index (Phi) is 5.71. The summed E-state index contributed by atoms with van der Waals surface area (Å²) in [4.78, 5) is 9.89. The maximum Gasteiger partial charge on any atom is 0.416 e. The topological polar surface area (TPSA) is 84.6 Å². The third-order valence-corrected chi connectivity index (χ3v) is 2.32. The van der Waals surface area contributed by atoms with Gasteiger partial charge in [0, 0.05) is 12.6 Å². The number of halogens is 3. The Balaban J connectivity index is 2.78. The van der Waals surface area contributed by atoms with Crippen LogP contribution in [-0.4, -0.2) is 36.4 Å². The largest absolute Gasteiger partial charge is 0.416 e. The van der Waals surface area contributed by atoms with E-state index in [0.29, 0.717) is 6.07 Å². The molecule has 0 heterocycles. The lowest BCUT2D eigenvalue weighted by molar-refractivity contribution is -0.384. The molecule has 0 aliphatic carbocycles. The zero-order valence-corrected chi connectivity index (χ0v) is 10.3. The molecule has 1 rings (SSSR count). The van der Waals surface area contributed by atoms with E-state index in [1.807, 2.05) is 0 Å². The first-order valence-electron chi connectivity index (χ1n) is 5.64. The highest BCUT2D eigenvalue weighted by molar-refractivity contribution is 5.62. The molecule has 0 bridgehead atoms. The summed E-state index contributed by atoms with van der Waals surface area (Å²) < 4.78 is 42.3. The van der Waals surface area contributed by atoms with Crippen molar-refractivity contribution in [2.75, 3.05) is 31.7 Å². The average molecular weight is 294 g/mol. The molecule has 112 valence electrons. The van der Waals surface area contributed by atoms with Crippen molar-refractivity contribution < 1.29 is 27.9 Å². The third kappa shape index (κ3) is 4.67. The Morgan fingerprint density at radius 1 is 1.35 bits per heavy atom. The molecular formula is C11H13F3N2O4. The van der Waals surface area contributed by atoms with E-state index in [4.69, 9.17) is 9.84 Å². The van der Waals surface area contributed by atoms with Gasteiger partial charge in [0.05, 0.1) is 30.3 Å². The van der Waals surface area contributed by atoms with E-state index in [1.165, 1.54) is 0 Å². The summed E-state index contributed by atoms with van der Waals surface area (Å²) in [5.41, 5.74) is -1.75. The molecule has 0 fully saturated rings. The van der Waals surface area contributed by atoms with Crippen LogP contribution in [0.1, 0.15) is 5.56 Å². The second-order valence-corrected chi connectivity index (χ2v) is 3.75. The maximum atomic E-state index is 12.5. The summed E-state index contributed by atoms with van der Waals surface area (Å²) in [7, 11) is 0. The lowest BCUT2D eigenvalue weighted by Crippen LogP contribution is -2.13. The Morgan fingerprint density at radius 2 is 2.05 bits per heavy atom. The van der Waals surface area contributed by atoms with Gasteiger partial charge >= 0.3 is 6.18 Å². The van der Waals surface area contributed by atoms with Crippen LogP contribution in [0.15, 0.2) is 18.2 Å². The molecule has 9 heteroatoms. The highest BCUT2D eigenvalue weighted by Gasteiger charge is 2.32. The number of nitro benzene ring substituents is 1. The molecule has 6 nitrogen and oxygen atoms in total. The number of anilines is 1. The number of hydrogen-bond donors (Lipinski definition) is 2. The number of ether oxygens (including phenoxy) is 1. The molecule has 0 aromatic heterocycles. The molecular weight excluding hydrogens is 281 g/mol. The lowest BCUT2D eigenvalue weighted by atomic mass is 10.1. The van der Waals surface area contributed by atoms with Crippen LogP contribution in [0.5, 0.6) is 0 Å². The number of hydrogen-bond acceptors (Lipinski definition) is 5. The third-order valence-electron chi connectivity index (χ3n) is 2.32. The number of nitro groups is 1. The van der Waals surface area contributed by atoms with E-state index >= 15 is 0 Å². The Labute approximate surface area is 112 Å². The van der Waals surface area contributed by atoms with Crippen molar-refractivity contribution in [3.8, 4) is 0 Å². The summed E-state index contributed by atoms with van der Waals surface area (Å²) >= 11 is 0. The first kappa shape index (κ1) is 16.2. The van der Waals surface area contributed by atoms with Crippen LogP contribution in [0.4, 0.5) is 24.5 Å². The lowest BCUT2D eigenvalue weighted by Gasteiger charge is -2.10. The predicted octanol–water partition coefficient (Wildman–Crippen LogP) is 2.03. The predicted molar refractivity (Wildman–Crippen MR) is 64.5 cm³/mol. The number of alkyl halides is 3. The number of aliphatic hydroxyl groups excluding tert-OH is 1. The van der Waals surface area contributed by atoms with Crippen molar-refractivity contribution in [3.63, 3.8) is 0 Å². The van der Waals surface area contributed by atoms with Gasteiger partial charge < -0.3 is 15.2 Å². The highest BCUT2D eigenvalue weighted by Crippen LogP contribution is 2.34. The van der Waals surface area contributed by atoms with Crippen LogP contribution in [0, 0.1) is 10.1 Å². The van der Waals surface area contributed by atoms with Crippen molar-refractivity contribution in [3.05, 3.63) is 33.9 Å². The SMILES string of the molecule is O=[N+]([O-])c1cc(C(F)(F)F)ccc1NCCOCCO. The van der Waals surface area contributed by atoms with E-state index in [9.17, 15) is 23.3 Å². The standard InChI is InChI=1S/C11H13F3N2O4/c12-11(13,14)8-1-2-9(10(7-8)16(18)19)15-3-5-20-6-4-17/h1-2,7,15,17H,3-6H2. The minimum absolute atomic E-state index is 0.0180. The first-order chi connectivity index (χ1) is 9.36. The van der Waals surface area contributed by atoms with Crippen LogP contribution in [-0.2, 0) is 10.9 Å². The van der Waals surface area contributed by atoms with Crippen LogP contribution < -0.4 is 5.32 Å². The summed E-state index contributed by atoms with van der Waals surface area (Å²) in [6, 6.07) is 2.26. The Bertz CT molecular complexity index is 465. The number of nitrogens with one attached hydrogen (secondary N) is 1. The first-order valence-corrected chi connectivity index (χ1v) is 5.64.